The maximum absolute atomic E-state index is 12.1. The van der Waals surface area contributed by atoms with Gasteiger partial charge < -0.3 is 24.8 Å². The zero-order valence-electron chi connectivity index (χ0n) is 14.2. The molecule has 2 N–H and O–H groups in total. The van der Waals surface area contributed by atoms with E-state index in [0.29, 0.717) is 35.5 Å². The molecule has 0 unspecified atom stereocenters. The molecule has 0 aliphatic heterocycles. The number of nitrogens with zero attached hydrogens (tertiary/aromatic N) is 2. The Bertz CT molecular complexity index is 696. The van der Waals surface area contributed by atoms with Crippen molar-refractivity contribution < 1.29 is 19.0 Å². The van der Waals surface area contributed by atoms with Crippen molar-refractivity contribution >= 4 is 39.8 Å². The van der Waals surface area contributed by atoms with Gasteiger partial charge in [-0.2, -0.15) is 0 Å². The Morgan fingerprint density at radius 3 is 2.72 bits per heavy atom. The van der Waals surface area contributed by atoms with E-state index >= 15 is 0 Å². The maximum Gasteiger partial charge on any atom is 0.234 e. The predicted molar refractivity (Wildman–Crippen MR) is 99.2 cm³/mol. The summed E-state index contributed by atoms with van der Waals surface area (Å²) in [4.78, 5) is 12.1. The lowest BCUT2D eigenvalue weighted by atomic mass is 10.2. The van der Waals surface area contributed by atoms with Crippen LogP contribution in [-0.2, 0) is 9.53 Å². The number of methoxy groups -OCH3 is 3. The van der Waals surface area contributed by atoms with Crippen LogP contribution in [0.2, 0.25) is 0 Å². The lowest BCUT2D eigenvalue weighted by Gasteiger charge is -2.10. The fraction of sp³-hybridized carbons (Fsp3) is 0.400. The smallest absolute Gasteiger partial charge is 0.234 e. The van der Waals surface area contributed by atoms with Gasteiger partial charge in [-0.15, -0.1) is 10.2 Å². The fourth-order valence-corrected chi connectivity index (χ4v) is 3.42. The largest absolute Gasteiger partial charge is 0.493 e. The second-order valence-corrected chi connectivity index (χ2v) is 6.90. The normalized spacial score (nSPS) is 10.4. The SMILES string of the molecule is COCCNc1nnc(SCC(=O)Nc2ccc(OC)c(OC)c2)s1. The van der Waals surface area contributed by atoms with Crippen LogP contribution in [0.15, 0.2) is 22.5 Å². The van der Waals surface area contributed by atoms with E-state index in [1.54, 1.807) is 39.5 Å². The molecule has 25 heavy (non-hydrogen) atoms. The molecule has 8 nitrogen and oxygen atoms in total. The number of ether oxygens (including phenoxy) is 3. The number of rotatable bonds is 10. The van der Waals surface area contributed by atoms with Crippen molar-refractivity contribution in [3.63, 3.8) is 0 Å². The van der Waals surface area contributed by atoms with E-state index in [0.717, 1.165) is 4.34 Å². The summed E-state index contributed by atoms with van der Waals surface area (Å²) in [7, 11) is 4.75. The van der Waals surface area contributed by atoms with Gasteiger partial charge in [-0.1, -0.05) is 23.1 Å². The summed E-state index contributed by atoms with van der Waals surface area (Å²) in [5, 5.41) is 14.7. The summed E-state index contributed by atoms with van der Waals surface area (Å²) >= 11 is 2.73. The summed E-state index contributed by atoms with van der Waals surface area (Å²) in [5.41, 5.74) is 0.641. The molecule has 1 aromatic heterocycles. The van der Waals surface area contributed by atoms with Crippen molar-refractivity contribution in [3.05, 3.63) is 18.2 Å². The number of hydrogen-bond acceptors (Lipinski definition) is 9. The van der Waals surface area contributed by atoms with Crippen LogP contribution >= 0.6 is 23.1 Å². The highest BCUT2D eigenvalue weighted by Crippen LogP contribution is 2.30. The number of carbonyl (C=O) groups is 1. The van der Waals surface area contributed by atoms with Crippen molar-refractivity contribution in [1.82, 2.24) is 10.2 Å². The molecule has 0 spiro atoms. The highest BCUT2D eigenvalue weighted by atomic mass is 32.2. The van der Waals surface area contributed by atoms with Gasteiger partial charge in [0, 0.05) is 25.4 Å². The van der Waals surface area contributed by atoms with Gasteiger partial charge in [-0.05, 0) is 12.1 Å². The zero-order chi connectivity index (χ0) is 18.1. The molecule has 1 amide bonds. The first-order chi connectivity index (χ1) is 12.2. The van der Waals surface area contributed by atoms with Gasteiger partial charge in [0.05, 0.1) is 26.6 Å². The lowest BCUT2D eigenvalue weighted by molar-refractivity contribution is -0.113. The molecule has 0 aliphatic carbocycles. The molecule has 0 aliphatic rings. The molecule has 2 aromatic rings. The Morgan fingerprint density at radius 2 is 2.00 bits per heavy atom. The van der Waals surface area contributed by atoms with E-state index in [1.807, 2.05) is 0 Å². The summed E-state index contributed by atoms with van der Waals surface area (Å²) < 4.78 is 16.1. The van der Waals surface area contributed by atoms with Crippen molar-refractivity contribution in [1.29, 1.82) is 0 Å². The Balaban J connectivity index is 1.82. The van der Waals surface area contributed by atoms with E-state index < -0.39 is 0 Å². The molecule has 1 aromatic carbocycles. The first-order valence-corrected chi connectivity index (χ1v) is 9.17. The molecule has 0 radical (unpaired) electrons. The monoisotopic (exact) mass is 384 g/mol. The van der Waals surface area contributed by atoms with Gasteiger partial charge in [-0.3, -0.25) is 4.79 Å². The second-order valence-electron chi connectivity index (χ2n) is 4.70. The van der Waals surface area contributed by atoms with E-state index in [1.165, 1.54) is 23.1 Å². The molecular formula is C15H20N4O4S2. The summed E-state index contributed by atoms with van der Waals surface area (Å²) in [6.07, 6.45) is 0. The van der Waals surface area contributed by atoms with Crippen molar-refractivity contribution in [2.45, 2.75) is 4.34 Å². The third-order valence-electron chi connectivity index (χ3n) is 2.98. The van der Waals surface area contributed by atoms with E-state index in [-0.39, 0.29) is 11.7 Å². The number of thioether (sulfide) groups is 1. The van der Waals surface area contributed by atoms with Crippen LogP contribution in [0.4, 0.5) is 10.8 Å². The number of amides is 1. The van der Waals surface area contributed by atoms with Gasteiger partial charge in [0.15, 0.2) is 15.8 Å². The van der Waals surface area contributed by atoms with E-state index in [2.05, 4.69) is 20.8 Å². The Hall–Kier alpha value is -2.04. The van der Waals surface area contributed by atoms with Gasteiger partial charge >= 0.3 is 0 Å². The Labute approximate surface area is 154 Å². The van der Waals surface area contributed by atoms with Gasteiger partial charge in [0.2, 0.25) is 11.0 Å². The van der Waals surface area contributed by atoms with Crippen LogP contribution < -0.4 is 20.1 Å². The first-order valence-electron chi connectivity index (χ1n) is 7.37. The minimum Gasteiger partial charge on any atom is -0.493 e. The average Bonchev–Trinajstić information content (AvgIpc) is 3.08. The first kappa shape index (κ1) is 19.3. The predicted octanol–water partition coefficient (Wildman–Crippen LogP) is 2.34. The van der Waals surface area contributed by atoms with Crippen LogP contribution in [0.25, 0.3) is 0 Å². The van der Waals surface area contributed by atoms with Crippen molar-refractivity contribution in [2.24, 2.45) is 0 Å². The average molecular weight is 384 g/mol. The van der Waals surface area contributed by atoms with E-state index in [4.69, 9.17) is 14.2 Å². The molecule has 136 valence electrons. The van der Waals surface area contributed by atoms with Crippen molar-refractivity contribution in [2.75, 3.05) is 50.9 Å². The fourth-order valence-electron chi connectivity index (χ4n) is 1.84. The number of nitrogens with one attached hydrogen (secondary N) is 2. The molecule has 0 atom stereocenters. The second kappa shape index (κ2) is 10.1. The summed E-state index contributed by atoms with van der Waals surface area (Å²) in [5.74, 6) is 1.27. The number of carbonyl (C=O) groups excluding carboxylic acids is 1. The molecule has 2 rings (SSSR count). The molecule has 1 heterocycles. The lowest BCUT2D eigenvalue weighted by Crippen LogP contribution is -2.14. The Morgan fingerprint density at radius 1 is 1.20 bits per heavy atom. The number of anilines is 2. The molecule has 10 heteroatoms. The third-order valence-corrected chi connectivity index (χ3v) is 5.00. The standard InChI is InChI=1S/C15H20N4O4S2/c1-21-7-6-16-14-18-19-15(25-14)24-9-13(20)17-10-4-5-11(22-2)12(8-10)23-3/h4-5,8H,6-7,9H2,1-3H3,(H,16,18)(H,17,20). The quantitative estimate of drug-likeness (QED) is 0.476. The minimum absolute atomic E-state index is 0.138. The van der Waals surface area contributed by atoms with Gasteiger partial charge in [0.25, 0.3) is 0 Å². The molecule has 0 saturated carbocycles. The summed E-state index contributed by atoms with van der Waals surface area (Å²) in [6.45, 7) is 1.26. The zero-order valence-corrected chi connectivity index (χ0v) is 15.8. The van der Waals surface area contributed by atoms with Gasteiger partial charge in [0.1, 0.15) is 0 Å². The van der Waals surface area contributed by atoms with Gasteiger partial charge in [-0.25, -0.2) is 0 Å². The van der Waals surface area contributed by atoms with Crippen molar-refractivity contribution in [3.8, 4) is 11.5 Å². The molecule has 0 bridgehead atoms. The maximum atomic E-state index is 12.1. The van der Waals surface area contributed by atoms with Crippen LogP contribution in [0.3, 0.4) is 0 Å². The van der Waals surface area contributed by atoms with E-state index in [9.17, 15) is 4.79 Å². The number of aromatic nitrogens is 2. The van der Waals surface area contributed by atoms with Crippen LogP contribution in [-0.4, -0.2) is 56.3 Å². The van der Waals surface area contributed by atoms with Crippen LogP contribution in [0, 0.1) is 0 Å². The molecule has 0 saturated heterocycles. The van der Waals surface area contributed by atoms with Crippen LogP contribution in [0.1, 0.15) is 0 Å². The highest BCUT2D eigenvalue weighted by Gasteiger charge is 2.10. The molecular weight excluding hydrogens is 364 g/mol. The third kappa shape index (κ3) is 6.07. The summed E-state index contributed by atoms with van der Waals surface area (Å²) in [6, 6.07) is 5.21. The number of hydrogen-bond donors (Lipinski definition) is 2. The number of benzene rings is 1. The van der Waals surface area contributed by atoms with Crippen LogP contribution in [0.5, 0.6) is 11.5 Å². The topological polar surface area (TPSA) is 94.6 Å². The highest BCUT2D eigenvalue weighted by molar-refractivity contribution is 8.01. The molecule has 0 fully saturated rings. The minimum atomic E-state index is -0.138. The Kier molecular flexibility index (Phi) is 7.76.